The van der Waals surface area contributed by atoms with Crippen LogP contribution in [-0.4, -0.2) is 42.9 Å². The Morgan fingerprint density at radius 1 is 1.04 bits per heavy atom. The molecule has 0 unspecified atom stereocenters. The van der Waals surface area contributed by atoms with Crippen molar-refractivity contribution in [1.29, 1.82) is 0 Å². The standard InChI is InChI=1S/C22H25N3O2/c1-2-14-25(20-8-4-3-5-9-20)21(26)17-23-19-12-10-18(11-13-19)22(27)24-15-6-7-16-24/h2-5,8-13,23H,1,6-7,14-17H2. The van der Waals surface area contributed by atoms with Crippen molar-refractivity contribution in [3.8, 4) is 0 Å². The molecule has 0 radical (unpaired) electrons. The summed E-state index contributed by atoms with van der Waals surface area (Å²) in [4.78, 5) is 28.6. The normalized spacial score (nSPS) is 13.3. The molecule has 5 nitrogen and oxygen atoms in total. The number of likely N-dealkylation sites (tertiary alicyclic amines) is 1. The van der Waals surface area contributed by atoms with E-state index in [1.807, 2.05) is 59.5 Å². The topological polar surface area (TPSA) is 52.7 Å². The van der Waals surface area contributed by atoms with Crippen molar-refractivity contribution in [2.24, 2.45) is 0 Å². The fourth-order valence-electron chi connectivity index (χ4n) is 3.19. The van der Waals surface area contributed by atoms with Gasteiger partial charge in [0.2, 0.25) is 5.91 Å². The highest BCUT2D eigenvalue weighted by atomic mass is 16.2. The second-order valence-corrected chi connectivity index (χ2v) is 6.56. The molecule has 1 fully saturated rings. The maximum atomic E-state index is 12.6. The van der Waals surface area contributed by atoms with E-state index in [0.29, 0.717) is 12.1 Å². The molecule has 140 valence electrons. The van der Waals surface area contributed by atoms with Crippen LogP contribution in [0.5, 0.6) is 0 Å². The van der Waals surface area contributed by atoms with Crippen LogP contribution in [0.4, 0.5) is 11.4 Å². The van der Waals surface area contributed by atoms with Crippen molar-refractivity contribution < 1.29 is 9.59 Å². The van der Waals surface area contributed by atoms with Crippen LogP contribution in [0.15, 0.2) is 67.3 Å². The molecule has 0 aliphatic carbocycles. The van der Waals surface area contributed by atoms with E-state index in [1.54, 1.807) is 11.0 Å². The highest BCUT2D eigenvalue weighted by Crippen LogP contribution is 2.16. The average molecular weight is 363 g/mol. The number of carbonyl (C=O) groups excluding carboxylic acids is 2. The number of hydrogen-bond donors (Lipinski definition) is 1. The molecule has 27 heavy (non-hydrogen) atoms. The van der Waals surface area contributed by atoms with Crippen molar-refractivity contribution in [3.05, 3.63) is 72.8 Å². The SMILES string of the molecule is C=CCN(C(=O)CNc1ccc(C(=O)N2CCCC2)cc1)c1ccccc1. The van der Waals surface area contributed by atoms with Crippen LogP contribution in [0.2, 0.25) is 0 Å². The molecule has 1 heterocycles. The largest absolute Gasteiger partial charge is 0.376 e. The number of amides is 2. The van der Waals surface area contributed by atoms with Crippen LogP contribution in [0.1, 0.15) is 23.2 Å². The minimum atomic E-state index is -0.0432. The van der Waals surface area contributed by atoms with E-state index in [0.717, 1.165) is 37.3 Å². The third-order valence-electron chi connectivity index (χ3n) is 4.65. The van der Waals surface area contributed by atoms with E-state index >= 15 is 0 Å². The minimum absolute atomic E-state index is 0.0432. The van der Waals surface area contributed by atoms with Gasteiger partial charge in [0.05, 0.1) is 6.54 Å². The zero-order chi connectivity index (χ0) is 19.1. The zero-order valence-electron chi connectivity index (χ0n) is 15.4. The molecule has 1 aliphatic rings. The Morgan fingerprint density at radius 3 is 2.33 bits per heavy atom. The van der Waals surface area contributed by atoms with E-state index in [9.17, 15) is 9.59 Å². The quantitative estimate of drug-likeness (QED) is 0.766. The number of hydrogen-bond acceptors (Lipinski definition) is 3. The van der Waals surface area contributed by atoms with Gasteiger partial charge < -0.3 is 15.1 Å². The Bertz CT molecular complexity index is 781. The van der Waals surface area contributed by atoms with Gasteiger partial charge in [-0.25, -0.2) is 0 Å². The van der Waals surface area contributed by atoms with Crippen LogP contribution < -0.4 is 10.2 Å². The van der Waals surface area contributed by atoms with Gasteiger partial charge in [-0.1, -0.05) is 24.3 Å². The molecule has 0 aromatic heterocycles. The molecule has 2 aromatic carbocycles. The summed E-state index contributed by atoms with van der Waals surface area (Å²) in [5, 5.41) is 3.14. The van der Waals surface area contributed by atoms with Gasteiger partial charge in [-0.2, -0.15) is 0 Å². The Hall–Kier alpha value is -3.08. The fraction of sp³-hybridized carbons (Fsp3) is 0.273. The van der Waals surface area contributed by atoms with Crippen molar-refractivity contribution in [1.82, 2.24) is 4.90 Å². The molecule has 0 bridgehead atoms. The maximum Gasteiger partial charge on any atom is 0.253 e. The van der Waals surface area contributed by atoms with Crippen LogP contribution in [0.3, 0.4) is 0 Å². The van der Waals surface area contributed by atoms with Crippen LogP contribution in [0.25, 0.3) is 0 Å². The summed E-state index contributed by atoms with van der Waals surface area (Å²) < 4.78 is 0. The number of para-hydroxylation sites is 1. The molecule has 5 heteroatoms. The molecule has 0 spiro atoms. The lowest BCUT2D eigenvalue weighted by Crippen LogP contribution is -2.35. The smallest absolute Gasteiger partial charge is 0.253 e. The lowest BCUT2D eigenvalue weighted by atomic mass is 10.2. The number of anilines is 2. The van der Waals surface area contributed by atoms with E-state index in [2.05, 4.69) is 11.9 Å². The first-order valence-corrected chi connectivity index (χ1v) is 9.28. The third-order valence-corrected chi connectivity index (χ3v) is 4.65. The monoisotopic (exact) mass is 363 g/mol. The molecular formula is C22H25N3O2. The summed E-state index contributed by atoms with van der Waals surface area (Å²) in [5.41, 5.74) is 2.34. The molecule has 1 aliphatic heterocycles. The first-order chi connectivity index (χ1) is 13.2. The summed E-state index contributed by atoms with van der Waals surface area (Å²) in [6, 6.07) is 16.8. The summed E-state index contributed by atoms with van der Waals surface area (Å²) in [6.45, 7) is 6.03. The van der Waals surface area contributed by atoms with Crippen molar-refractivity contribution >= 4 is 23.2 Å². The Kier molecular flexibility index (Phi) is 6.26. The second-order valence-electron chi connectivity index (χ2n) is 6.56. The number of nitrogens with zero attached hydrogens (tertiary/aromatic N) is 2. The predicted octanol–water partition coefficient (Wildman–Crippen LogP) is 3.55. The summed E-state index contributed by atoms with van der Waals surface area (Å²) >= 11 is 0. The first kappa shape index (κ1) is 18.7. The van der Waals surface area contributed by atoms with Crippen LogP contribution in [-0.2, 0) is 4.79 Å². The number of benzene rings is 2. The zero-order valence-corrected chi connectivity index (χ0v) is 15.4. The highest BCUT2D eigenvalue weighted by Gasteiger charge is 2.19. The van der Waals surface area contributed by atoms with Gasteiger partial charge in [-0.05, 0) is 49.2 Å². The molecule has 0 atom stereocenters. The fourth-order valence-corrected chi connectivity index (χ4v) is 3.19. The van der Waals surface area contributed by atoms with E-state index in [1.165, 1.54) is 0 Å². The Labute approximate surface area is 160 Å². The summed E-state index contributed by atoms with van der Waals surface area (Å²) in [5.74, 6) is 0.0367. The second kappa shape index (κ2) is 9.03. The van der Waals surface area contributed by atoms with E-state index in [-0.39, 0.29) is 18.4 Å². The highest BCUT2D eigenvalue weighted by molar-refractivity contribution is 5.97. The van der Waals surface area contributed by atoms with Gasteiger partial charge in [0.1, 0.15) is 0 Å². The predicted molar refractivity (Wildman–Crippen MR) is 109 cm³/mol. The van der Waals surface area contributed by atoms with E-state index < -0.39 is 0 Å². The van der Waals surface area contributed by atoms with Crippen LogP contribution in [0, 0.1) is 0 Å². The Balaban J connectivity index is 1.59. The lowest BCUT2D eigenvalue weighted by Gasteiger charge is -2.22. The first-order valence-electron chi connectivity index (χ1n) is 9.28. The van der Waals surface area contributed by atoms with Gasteiger partial charge in [0.25, 0.3) is 5.91 Å². The summed E-state index contributed by atoms with van der Waals surface area (Å²) in [6.07, 6.45) is 3.87. The number of nitrogens with one attached hydrogen (secondary N) is 1. The molecule has 2 amide bonds. The molecule has 0 saturated carbocycles. The van der Waals surface area contributed by atoms with Crippen molar-refractivity contribution in [3.63, 3.8) is 0 Å². The average Bonchev–Trinajstić information content (AvgIpc) is 3.25. The van der Waals surface area contributed by atoms with Crippen LogP contribution >= 0.6 is 0 Å². The van der Waals surface area contributed by atoms with Gasteiger partial charge in [-0.15, -0.1) is 6.58 Å². The van der Waals surface area contributed by atoms with E-state index in [4.69, 9.17) is 0 Å². The van der Waals surface area contributed by atoms with Gasteiger partial charge >= 0.3 is 0 Å². The van der Waals surface area contributed by atoms with Crippen molar-refractivity contribution in [2.75, 3.05) is 36.4 Å². The van der Waals surface area contributed by atoms with Crippen molar-refractivity contribution in [2.45, 2.75) is 12.8 Å². The molecular weight excluding hydrogens is 338 g/mol. The molecule has 3 rings (SSSR count). The molecule has 1 N–H and O–H groups in total. The minimum Gasteiger partial charge on any atom is -0.376 e. The van der Waals surface area contributed by atoms with Gasteiger partial charge in [-0.3, -0.25) is 9.59 Å². The molecule has 1 saturated heterocycles. The number of rotatable bonds is 7. The molecule has 2 aromatic rings. The van der Waals surface area contributed by atoms with Gasteiger partial charge in [0, 0.05) is 36.6 Å². The van der Waals surface area contributed by atoms with Gasteiger partial charge in [0.15, 0.2) is 0 Å². The Morgan fingerprint density at radius 2 is 1.70 bits per heavy atom. The maximum absolute atomic E-state index is 12.6. The lowest BCUT2D eigenvalue weighted by molar-refractivity contribution is -0.116. The number of carbonyl (C=O) groups is 2. The third kappa shape index (κ3) is 4.76. The summed E-state index contributed by atoms with van der Waals surface area (Å²) in [7, 11) is 0.